The molecule has 0 aliphatic carbocycles. The summed E-state index contributed by atoms with van der Waals surface area (Å²) in [5, 5.41) is 10.6. The molecule has 76 valence electrons. The molecule has 0 saturated heterocycles. The summed E-state index contributed by atoms with van der Waals surface area (Å²) in [4.78, 5) is 32.6. The van der Waals surface area contributed by atoms with E-state index in [1.807, 2.05) is 5.16 Å². The number of nitrogens with one attached hydrogen (secondary N) is 1. The van der Waals surface area contributed by atoms with Crippen LogP contribution >= 0.6 is 0 Å². The van der Waals surface area contributed by atoms with Gasteiger partial charge in [0.05, 0.1) is 5.92 Å². The molecule has 1 atom stereocenters. The summed E-state index contributed by atoms with van der Waals surface area (Å²) in [7, 11) is 0. The molecule has 6 heteroatoms. The van der Waals surface area contributed by atoms with Gasteiger partial charge in [0.25, 0.3) is 5.56 Å². The number of rotatable bonds is 3. The molecule has 0 saturated carbocycles. The van der Waals surface area contributed by atoms with E-state index in [1.165, 1.54) is 13.8 Å². The number of aromatic nitrogens is 1. The molecule has 1 aromatic rings. The number of hydrogen-bond donors (Lipinski definition) is 2. The van der Waals surface area contributed by atoms with Gasteiger partial charge in [-0.15, -0.1) is 0 Å². The molecule has 0 bridgehead atoms. The van der Waals surface area contributed by atoms with Crippen LogP contribution in [0.3, 0.4) is 0 Å². The molecule has 1 rings (SSSR count). The standard InChI is InChI=1S/C8H9NO5/c1-3(4(2)10)6-5(8(12)13)7(11)9-14-6/h3H,1-2H3,(H,9,11)(H,12,13). The zero-order valence-electron chi connectivity index (χ0n) is 7.66. The van der Waals surface area contributed by atoms with Crippen LogP contribution in [0, 0.1) is 0 Å². The number of aromatic amines is 1. The number of carboxylic acids is 1. The Morgan fingerprint density at radius 1 is 1.50 bits per heavy atom. The first kappa shape index (κ1) is 10.2. The van der Waals surface area contributed by atoms with Gasteiger partial charge in [-0.2, -0.15) is 5.16 Å². The smallest absolute Gasteiger partial charge is 0.345 e. The number of ketones is 1. The van der Waals surface area contributed by atoms with Gasteiger partial charge in [0.1, 0.15) is 5.78 Å². The number of carbonyl (C=O) groups excluding carboxylic acids is 1. The van der Waals surface area contributed by atoms with Crippen LogP contribution in [0.2, 0.25) is 0 Å². The molecule has 0 radical (unpaired) electrons. The van der Waals surface area contributed by atoms with E-state index in [4.69, 9.17) is 5.11 Å². The van der Waals surface area contributed by atoms with Crippen molar-refractivity contribution >= 4 is 11.8 Å². The summed E-state index contributed by atoms with van der Waals surface area (Å²) in [5.74, 6) is -2.53. The number of H-pyrrole nitrogens is 1. The lowest BCUT2D eigenvalue weighted by molar-refractivity contribution is -0.118. The van der Waals surface area contributed by atoms with Crippen molar-refractivity contribution in [2.45, 2.75) is 19.8 Å². The van der Waals surface area contributed by atoms with Gasteiger partial charge in [-0.05, 0) is 13.8 Å². The van der Waals surface area contributed by atoms with E-state index in [0.29, 0.717) is 0 Å². The van der Waals surface area contributed by atoms with Crippen LogP contribution in [0.25, 0.3) is 0 Å². The third-order valence-electron chi connectivity index (χ3n) is 1.94. The van der Waals surface area contributed by atoms with Crippen molar-refractivity contribution in [1.82, 2.24) is 5.16 Å². The fourth-order valence-electron chi connectivity index (χ4n) is 1.01. The Hall–Kier alpha value is -1.85. The van der Waals surface area contributed by atoms with Gasteiger partial charge in [-0.1, -0.05) is 0 Å². The molecule has 0 amide bonds. The third kappa shape index (κ3) is 1.59. The highest BCUT2D eigenvalue weighted by Crippen LogP contribution is 2.17. The van der Waals surface area contributed by atoms with E-state index in [9.17, 15) is 14.4 Å². The van der Waals surface area contributed by atoms with Gasteiger partial charge >= 0.3 is 5.97 Å². The Morgan fingerprint density at radius 3 is 2.50 bits per heavy atom. The van der Waals surface area contributed by atoms with Gasteiger partial charge in [0.2, 0.25) is 0 Å². The van der Waals surface area contributed by atoms with E-state index < -0.39 is 23.0 Å². The molecule has 2 N–H and O–H groups in total. The third-order valence-corrected chi connectivity index (χ3v) is 1.94. The average molecular weight is 199 g/mol. The van der Waals surface area contributed by atoms with Gasteiger partial charge < -0.3 is 9.63 Å². The molecule has 0 aromatic carbocycles. The van der Waals surface area contributed by atoms with E-state index in [1.54, 1.807) is 0 Å². The van der Waals surface area contributed by atoms with Crippen LogP contribution < -0.4 is 5.56 Å². The molecule has 1 aromatic heterocycles. The second-order valence-electron chi connectivity index (χ2n) is 2.91. The van der Waals surface area contributed by atoms with Gasteiger partial charge in [-0.3, -0.25) is 9.59 Å². The highest BCUT2D eigenvalue weighted by Gasteiger charge is 2.26. The maximum atomic E-state index is 11.0. The molecule has 0 aliphatic heterocycles. The normalized spacial score (nSPS) is 12.4. The topological polar surface area (TPSA) is 100 Å². The summed E-state index contributed by atoms with van der Waals surface area (Å²) in [5.41, 5.74) is -1.34. The lowest BCUT2D eigenvalue weighted by Gasteiger charge is -2.02. The van der Waals surface area contributed by atoms with Crippen LogP contribution in [0.15, 0.2) is 9.32 Å². The predicted octanol–water partition coefficient (Wildman–Crippen LogP) is 0.359. The lowest BCUT2D eigenvalue weighted by atomic mass is 10.0. The van der Waals surface area contributed by atoms with E-state index in [2.05, 4.69) is 4.52 Å². The monoisotopic (exact) mass is 199 g/mol. The summed E-state index contributed by atoms with van der Waals surface area (Å²) in [6.07, 6.45) is 0. The first-order valence-corrected chi connectivity index (χ1v) is 3.90. The Kier molecular flexibility index (Phi) is 2.55. The molecular weight excluding hydrogens is 190 g/mol. The van der Waals surface area contributed by atoms with E-state index >= 15 is 0 Å². The quantitative estimate of drug-likeness (QED) is 0.731. The minimum atomic E-state index is -1.40. The molecule has 6 nitrogen and oxygen atoms in total. The second kappa shape index (κ2) is 3.49. The summed E-state index contributed by atoms with van der Waals surface area (Å²) >= 11 is 0. The number of Topliss-reactive ketones (excluding diaryl/α,β-unsaturated/α-hetero) is 1. The Morgan fingerprint density at radius 2 is 2.07 bits per heavy atom. The minimum Gasteiger partial charge on any atom is -0.477 e. The molecule has 0 fully saturated rings. The molecular formula is C8H9NO5. The van der Waals surface area contributed by atoms with Crippen molar-refractivity contribution in [3.05, 3.63) is 21.7 Å². The van der Waals surface area contributed by atoms with Gasteiger partial charge in [0.15, 0.2) is 11.3 Å². The fraction of sp³-hybridized carbons (Fsp3) is 0.375. The Labute approximate surface area is 78.5 Å². The first-order chi connectivity index (χ1) is 6.45. The maximum Gasteiger partial charge on any atom is 0.345 e. The zero-order chi connectivity index (χ0) is 10.9. The first-order valence-electron chi connectivity index (χ1n) is 3.90. The van der Waals surface area contributed by atoms with Crippen molar-refractivity contribution in [3.63, 3.8) is 0 Å². The maximum absolute atomic E-state index is 11.0. The van der Waals surface area contributed by atoms with Crippen molar-refractivity contribution in [2.75, 3.05) is 0 Å². The minimum absolute atomic E-state index is 0.130. The molecule has 1 unspecified atom stereocenters. The SMILES string of the molecule is CC(=O)C(C)c1o[nH]c(=O)c1C(=O)O. The van der Waals surface area contributed by atoms with Gasteiger partial charge in [0, 0.05) is 0 Å². The molecule has 1 heterocycles. The van der Waals surface area contributed by atoms with Gasteiger partial charge in [-0.25, -0.2) is 4.79 Å². The van der Waals surface area contributed by atoms with Crippen LogP contribution in [0.5, 0.6) is 0 Å². The van der Waals surface area contributed by atoms with E-state index in [-0.39, 0.29) is 11.5 Å². The van der Waals surface area contributed by atoms with Crippen LogP contribution in [-0.2, 0) is 4.79 Å². The number of aromatic carboxylic acids is 1. The summed E-state index contributed by atoms with van der Waals surface area (Å²) in [6, 6.07) is 0. The number of carbonyl (C=O) groups is 2. The largest absolute Gasteiger partial charge is 0.477 e. The summed E-state index contributed by atoms with van der Waals surface area (Å²) < 4.78 is 4.64. The number of carboxylic acid groups (broad SMARTS) is 1. The molecule has 0 aliphatic rings. The van der Waals surface area contributed by atoms with Crippen molar-refractivity contribution in [2.24, 2.45) is 0 Å². The Balaban J connectivity index is 3.29. The van der Waals surface area contributed by atoms with Crippen molar-refractivity contribution < 1.29 is 19.2 Å². The molecule has 0 spiro atoms. The fourth-order valence-corrected chi connectivity index (χ4v) is 1.01. The van der Waals surface area contributed by atoms with Crippen molar-refractivity contribution in [3.8, 4) is 0 Å². The van der Waals surface area contributed by atoms with Crippen LogP contribution in [0.1, 0.15) is 35.9 Å². The number of hydrogen-bond acceptors (Lipinski definition) is 4. The van der Waals surface area contributed by atoms with Crippen molar-refractivity contribution in [1.29, 1.82) is 0 Å². The summed E-state index contributed by atoms with van der Waals surface area (Å²) in [6.45, 7) is 2.77. The average Bonchev–Trinajstić information content (AvgIpc) is 2.45. The Bertz CT molecular complexity index is 427. The molecule has 14 heavy (non-hydrogen) atoms. The highest BCUT2D eigenvalue weighted by molar-refractivity contribution is 5.91. The van der Waals surface area contributed by atoms with Crippen LogP contribution in [-0.4, -0.2) is 22.0 Å². The van der Waals surface area contributed by atoms with E-state index in [0.717, 1.165) is 0 Å². The lowest BCUT2D eigenvalue weighted by Crippen LogP contribution is -2.16. The second-order valence-corrected chi connectivity index (χ2v) is 2.91. The highest BCUT2D eigenvalue weighted by atomic mass is 16.5. The predicted molar refractivity (Wildman–Crippen MR) is 45.4 cm³/mol. The zero-order valence-corrected chi connectivity index (χ0v) is 7.66. The van der Waals surface area contributed by atoms with Crippen LogP contribution in [0.4, 0.5) is 0 Å².